The third kappa shape index (κ3) is 3.70. The minimum absolute atomic E-state index is 0.103. The van der Waals surface area contributed by atoms with E-state index in [1.807, 2.05) is 43.1 Å². The Hall–Kier alpha value is -1.10. The molecule has 1 aromatic rings. The quantitative estimate of drug-likeness (QED) is 0.823. The Kier molecular flexibility index (Phi) is 5.59. The lowest BCUT2D eigenvalue weighted by Gasteiger charge is -2.32. The molecule has 0 heterocycles. The Balaban J connectivity index is 3.05. The van der Waals surface area contributed by atoms with Crippen molar-refractivity contribution in [2.75, 3.05) is 13.6 Å². The summed E-state index contributed by atoms with van der Waals surface area (Å²) in [5.41, 5.74) is 12.3. The Morgan fingerprint density at radius 2 is 2.06 bits per heavy atom. The van der Waals surface area contributed by atoms with Crippen LogP contribution < -0.4 is 11.5 Å². The van der Waals surface area contributed by atoms with Crippen molar-refractivity contribution in [1.82, 2.24) is 4.90 Å². The van der Waals surface area contributed by atoms with Crippen molar-refractivity contribution in [1.29, 1.82) is 0 Å². The molecule has 0 aliphatic carbocycles. The van der Waals surface area contributed by atoms with E-state index in [9.17, 15) is 4.79 Å². The van der Waals surface area contributed by atoms with Crippen LogP contribution in [0.3, 0.4) is 0 Å². The van der Waals surface area contributed by atoms with Crippen molar-refractivity contribution in [3.63, 3.8) is 0 Å². The Labute approximate surface area is 113 Å². The lowest BCUT2D eigenvalue weighted by molar-refractivity contribution is -0.119. The van der Waals surface area contributed by atoms with E-state index in [0.717, 1.165) is 12.0 Å². The maximum absolute atomic E-state index is 11.0. The van der Waals surface area contributed by atoms with E-state index in [4.69, 9.17) is 23.1 Å². The summed E-state index contributed by atoms with van der Waals surface area (Å²) in [6.45, 7) is 2.16. The Morgan fingerprint density at radius 3 is 2.56 bits per heavy atom. The summed E-state index contributed by atoms with van der Waals surface area (Å²) in [6.07, 6.45) is 0.791. The third-order valence-electron chi connectivity index (χ3n) is 2.98. The van der Waals surface area contributed by atoms with Gasteiger partial charge in [-0.05, 0) is 25.1 Å². The first-order valence-corrected chi connectivity index (χ1v) is 6.33. The van der Waals surface area contributed by atoms with Gasteiger partial charge in [-0.25, -0.2) is 0 Å². The Bertz CT molecular complexity index is 411. The SMILES string of the molecule is CCC(N)C(c1ccccc1Cl)N(C)CC(N)=O. The molecule has 2 unspecified atom stereocenters. The summed E-state index contributed by atoms with van der Waals surface area (Å²) < 4.78 is 0. The summed E-state index contributed by atoms with van der Waals surface area (Å²) >= 11 is 6.20. The van der Waals surface area contributed by atoms with Crippen molar-refractivity contribution in [3.05, 3.63) is 34.9 Å². The number of nitrogens with zero attached hydrogens (tertiary/aromatic N) is 1. The summed E-state index contributed by atoms with van der Waals surface area (Å²) in [6, 6.07) is 7.32. The number of hydrogen-bond acceptors (Lipinski definition) is 3. The monoisotopic (exact) mass is 269 g/mol. The topological polar surface area (TPSA) is 72.3 Å². The molecule has 0 saturated carbocycles. The van der Waals surface area contributed by atoms with Gasteiger partial charge in [-0.3, -0.25) is 9.69 Å². The van der Waals surface area contributed by atoms with Crippen LogP contribution in [0, 0.1) is 0 Å². The molecule has 0 spiro atoms. The van der Waals surface area contributed by atoms with Crippen LogP contribution >= 0.6 is 11.6 Å². The minimum Gasteiger partial charge on any atom is -0.369 e. The van der Waals surface area contributed by atoms with Crippen LogP contribution in [0.4, 0.5) is 0 Å². The number of primary amides is 1. The van der Waals surface area contributed by atoms with Gasteiger partial charge in [0.1, 0.15) is 0 Å². The van der Waals surface area contributed by atoms with Crippen molar-refractivity contribution in [2.24, 2.45) is 11.5 Å². The highest BCUT2D eigenvalue weighted by Gasteiger charge is 2.25. The fourth-order valence-electron chi connectivity index (χ4n) is 2.08. The number of hydrogen-bond donors (Lipinski definition) is 2. The zero-order valence-corrected chi connectivity index (χ0v) is 11.5. The number of likely N-dealkylation sites (N-methyl/N-ethyl adjacent to an activating group) is 1. The highest BCUT2D eigenvalue weighted by atomic mass is 35.5. The van der Waals surface area contributed by atoms with Crippen LogP contribution in [0.25, 0.3) is 0 Å². The number of amides is 1. The van der Waals surface area contributed by atoms with E-state index in [2.05, 4.69) is 0 Å². The van der Waals surface area contributed by atoms with E-state index in [-0.39, 0.29) is 24.5 Å². The van der Waals surface area contributed by atoms with E-state index in [1.165, 1.54) is 0 Å². The van der Waals surface area contributed by atoms with Crippen LogP contribution in [0.1, 0.15) is 24.9 Å². The molecule has 0 radical (unpaired) electrons. The van der Waals surface area contributed by atoms with Crippen LogP contribution in [0.5, 0.6) is 0 Å². The molecule has 5 heteroatoms. The molecule has 0 aliphatic rings. The van der Waals surface area contributed by atoms with Gasteiger partial charge < -0.3 is 11.5 Å². The van der Waals surface area contributed by atoms with Gasteiger partial charge in [-0.2, -0.15) is 0 Å². The first-order valence-electron chi connectivity index (χ1n) is 5.96. The second kappa shape index (κ2) is 6.73. The molecule has 0 bridgehead atoms. The maximum atomic E-state index is 11.0. The predicted octanol–water partition coefficient (Wildman–Crippen LogP) is 1.54. The number of rotatable bonds is 6. The molecule has 0 saturated heterocycles. The summed E-state index contributed by atoms with van der Waals surface area (Å²) in [5, 5.41) is 0.655. The van der Waals surface area contributed by atoms with Gasteiger partial charge in [0.25, 0.3) is 0 Å². The van der Waals surface area contributed by atoms with Gasteiger partial charge in [-0.1, -0.05) is 36.7 Å². The molecule has 1 amide bonds. The number of benzene rings is 1. The molecular formula is C13H20ClN3O. The highest BCUT2D eigenvalue weighted by molar-refractivity contribution is 6.31. The van der Waals surface area contributed by atoms with Gasteiger partial charge in [0.2, 0.25) is 5.91 Å². The Morgan fingerprint density at radius 1 is 1.44 bits per heavy atom. The second-order valence-electron chi connectivity index (χ2n) is 4.42. The summed E-state index contributed by atoms with van der Waals surface area (Å²) in [4.78, 5) is 12.9. The normalized spacial score (nSPS) is 14.5. The largest absolute Gasteiger partial charge is 0.369 e. The second-order valence-corrected chi connectivity index (χ2v) is 4.83. The van der Waals surface area contributed by atoms with Crippen molar-refractivity contribution in [2.45, 2.75) is 25.4 Å². The van der Waals surface area contributed by atoms with Crippen molar-refractivity contribution >= 4 is 17.5 Å². The van der Waals surface area contributed by atoms with Crippen LogP contribution in [0.15, 0.2) is 24.3 Å². The maximum Gasteiger partial charge on any atom is 0.231 e. The van der Waals surface area contributed by atoms with Crippen molar-refractivity contribution < 1.29 is 4.79 Å². The molecule has 4 nitrogen and oxygen atoms in total. The number of carbonyl (C=O) groups excluding carboxylic acids is 1. The average molecular weight is 270 g/mol. The highest BCUT2D eigenvalue weighted by Crippen LogP contribution is 2.29. The molecule has 0 aromatic heterocycles. The zero-order chi connectivity index (χ0) is 13.7. The minimum atomic E-state index is -0.377. The number of nitrogens with two attached hydrogens (primary N) is 2. The fourth-order valence-corrected chi connectivity index (χ4v) is 2.32. The first-order chi connectivity index (χ1) is 8.47. The molecule has 0 fully saturated rings. The molecule has 1 rings (SSSR count). The van der Waals surface area contributed by atoms with Crippen LogP contribution in [-0.4, -0.2) is 30.4 Å². The predicted molar refractivity (Wildman–Crippen MR) is 74.3 cm³/mol. The van der Waals surface area contributed by atoms with Crippen LogP contribution in [0.2, 0.25) is 5.02 Å². The van der Waals surface area contributed by atoms with Gasteiger partial charge in [0, 0.05) is 11.1 Å². The van der Waals surface area contributed by atoms with Crippen LogP contribution in [-0.2, 0) is 4.79 Å². The molecule has 4 N–H and O–H groups in total. The van der Waals surface area contributed by atoms with Gasteiger partial charge in [0.15, 0.2) is 0 Å². The average Bonchev–Trinajstić information content (AvgIpc) is 2.30. The lowest BCUT2D eigenvalue weighted by Crippen LogP contribution is -2.42. The van der Waals surface area contributed by atoms with E-state index >= 15 is 0 Å². The smallest absolute Gasteiger partial charge is 0.231 e. The summed E-state index contributed by atoms with van der Waals surface area (Å²) in [7, 11) is 1.83. The lowest BCUT2D eigenvalue weighted by atomic mass is 9.96. The van der Waals surface area contributed by atoms with Gasteiger partial charge >= 0.3 is 0 Å². The zero-order valence-electron chi connectivity index (χ0n) is 10.8. The standard InChI is InChI=1S/C13H20ClN3O/c1-3-11(15)13(17(2)8-12(16)18)9-6-4-5-7-10(9)14/h4-7,11,13H,3,8,15H2,1-2H3,(H2,16,18). The number of halogens is 1. The van der Waals surface area contributed by atoms with Crippen molar-refractivity contribution in [3.8, 4) is 0 Å². The summed E-state index contributed by atoms with van der Waals surface area (Å²) in [5.74, 6) is -0.377. The first kappa shape index (κ1) is 15.0. The molecule has 0 aliphatic heterocycles. The van der Waals surface area contributed by atoms with Gasteiger partial charge in [-0.15, -0.1) is 0 Å². The van der Waals surface area contributed by atoms with E-state index < -0.39 is 0 Å². The van der Waals surface area contributed by atoms with E-state index in [0.29, 0.717) is 5.02 Å². The molecule has 2 atom stereocenters. The molecule has 100 valence electrons. The fraction of sp³-hybridized carbons (Fsp3) is 0.462. The molecule has 18 heavy (non-hydrogen) atoms. The molecule has 1 aromatic carbocycles. The van der Waals surface area contributed by atoms with E-state index in [1.54, 1.807) is 0 Å². The molecular weight excluding hydrogens is 250 g/mol. The third-order valence-corrected chi connectivity index (χ3v) is 3.33. The number of carbonyl (C=O) groups is 1. The van der Waals surface area contributed by atoms with Gasteiger partial charge in [0.05, 0.1) is 12.6 Å².